The quantitative estimate of drug-likeness (QED) is 0.213. The Hall–Kier alpha value is -4.60. The summed E-state index contributed by atoms with van der Waals surface area (Å²) >= 11 is 0. The van der Waals surface area contributed by atoms with Gasteiger partial charge in [-0.1, -0.05) is 36.4 Å². The maximum Gasteiger partial charge on any atom is 0.331 e. The summed E-state index contributed by atoms with van der Waals surface area (Å²) in [4.78, 5) is 31.1. The Kier molecular flexibility index (Phi) is 5.10. The number of hydrogen-bond acceptors (Lipinski definition) is 8. The normalized spacial score (nSPS) is 11.1. The summed E-state index contributed by atoms with van der Waals surface area (Å²) in [5.74, 6) is -0.369. The van der Waals surface area contributed by atoms with Crippen LogP contribution >= 0.6 is 0 Å². The largest absolute Gasteiger partial charge is 0.368 e. The smallest absolute Gasteiger partial charge is 0.331 e. The number of anilines is 2. The fourth-order valence-corrected chi connectivity index (χ4v) is 3.29. The van der Waals surface area contributed by atoms with Crippen molar-refractivity contribution in [3.8, 4) is 0 Å². The number of pyridine rings is 1. The maximum absolute atomic E-state index is 13.2. The van der Waals surface area contributed by atoms with E-state index in [0.717, 1.165) is 17.3 Å². The van der Waals surface area contributed by atoms with Gasteiger partial charge in [-0.2, -0.15) is 10.1 Å². The number of nitrogens with one attached hydrogen (secondary N) is 1. The first-order valence-electron chi connectivity index (χ1n) is 9.22. The summed E-state index contributed by atoms with van der Waals surface area (Å²) in [5, 5.41) is 15.3. The lowest BCUT2D eigenvalue weighted by Gasteiger charge is -2.03. The van der Waals surface area contributed by atoms with Crippen molar-refractivity contribution >= 4 is 35.0 Å². The van der Waals surface area contributed by atoms with Crippen LogP contribution in [0.5, 0.6) is 0 Å². The van der Waals surface area contributed by atoms with Crippen LogP contribution in [-0.2, 0) is 0 Å². The molecule has 154 valence electrons. The molecule has 0 spiro atoms. The second-order valence-corrected chi connectivity index (χ2v) is 6.63. The molecule has 0 fully saturated rings. The highest BCUT2D eigenvalue weighted by atomic mass is 16.6. The zero-order valence-electron chi connectivity index (χ0n) is 16.4. The van der Waals surface area contributed by atoms with Crippen LogP contribution in [0.3, 0.4) is 0 Å². The summed E-state index contributed by atoms with van der Waals surface area (Å²) in [6.45, 7) is 1.83. The molecule has 0 saturated carbocycles. The van der Waals surface area contributed by atoms with Crippen LogP contribution in [0, 0.1) is 17.0 Å². The topological polar surface area (TPSA) is 141 Å². The minimum Gasteiger partial charge on any atom is -0.368 e. The number of nitrogens with zero attached hydrogens (tertiary/aromatic N) is 5. The lowest BCUT2D eigenvalue weighted by Crippen LogP contribution is -2.06. The molecule has 0 atom stereocenters. The summed E-state index contributed by atoms with van der Waals surface area (Å²) in [6, 6.07) is 14.5. The van der Waals surface area contributed by atoms with Crippen molar-refractivity contribution in [2.45, 2.75) is 6.92 Å². The van der Waals surface area contributed by atoms with Gasteiger partial charge in [0.2, 0.25) is 17.5 Å². The first kappa shape index (κ1) is 19.7. The Morgan fingerprint density at radius 1 is 1.23 bits per heavy atom. The molecule has 0 radical (unpaired) electrons. The summed E-state index contributed by atoms with van der Waals surface area (Å²) in [5.41, 5.74) is 11.0. The fraction of sp³-hybridized carbons (Fsp3) is 0.0476. The van der Waals surface area contributed by atoms with Gasteiger partial charge in [-0.25, -0.2) is 4.98 Å². The van der Waals surface area contributed by atoms with Crippen molar-refractivity contribution in [2.24, 2.45) is 5.10 Å². The zero-order valence-corrected chi connectivity index (χ0v) is 16.4. The molecule has 10 heteroatoms. The van der Waals surface area contributed by atoms with Crippen LogP contribution < -0.4 is 11.2 Å². The first-order valence-corrected chi connectivity index (χ1v) is 9.22. The third-order valence-corrected chi connectivity index (χ3v) is 4.74. The van der Waals surface area contributed by atoms with E-state index in [9.17, 15) is 14.9 Å². The van der Waals surface area contributed by atoms with E-state index in [2.05, 4.69) is 20.5 Å². The van der Waals surface area contributed by atoms with Gasteiger partial charge in [0, 0.05) is 17.3 Å². The second-order valence-electron chi connectivity index (χ2n) is 6.63. The Balaban J connectivity index is 1.75. The molecule has 31 heavy (non-hydrogen) atoms. The number of rotatable bonds is 6. The number of benzene rings is 1. The van der Waals surface area contributed by atoms with Gasteiger partial charge in [0.25, 0.3) is 0 Å². The number of ketones is 1. The fourth-order valence-electron chi connectivity index (χ4n) is 3.29. The van der Waals surface area contributed by atoms with Gasteiger partial charge in [0.15, 0.2) is 0 Å². The van der Waals surface area contributed by atoms with E-state index in [1.54, 1.807) is 22.7 Å². The van der Waals surface area contributed by atoms with Gasteiger partial charge in [-0.3, -0.25) is 20.3 Å². The van der Waals surface area contributed by atoms with Gasteiger partial charge in [-0.05, 0) is 24.6 Å². The Labute approximate surface area is 176 Å². The number of carbonyl (C=O) groups is 1. The lowest BCUT2D eigenvalue weighted by molar-refractivity contribution is -0.384. The van der Waals surface area contributed by atoms with Gasteiger partial charge in [0.1, 0.15) is 6.20 Å². The summed E-state index contributed by atoms with van der Waals surface area (Å²) in [7, 11) is 0. The second kappa shape index (κ2) is 8.03. The highest BCUT2D eigenvalue weighted by Gasteiger charge is 2.21. The third kappa shape index (κ3) is 3.69. The van der Waals surface area contributed by atoms with E-state index in [0.29, 0.717) is 16.8 Å². The number of nitrogens with two attached hydrogens (primary N) is 1. The number of carbonyl (C=O) groups excluding carboxylic acids is 1. The molecule has 3 heterocycles. The summed E-state index contributed by atoms with van der Waals surface area (Å²) < 4.78 is 1.80. The van der Waals surface area contributed by atoms with Crippen molar-refractivity contribution in [1.82, 2.24) is 14.4 Å². The molecule has 0 saturated heterocycles. The van der Waals surface area contributed by atoms with E-state index >= 15 is 0 Å². The standard InChI is InChI=1S/C21H17N7O3/c1-13-15(11-24-26-20-17(28(30)31)12-23-21(22)25-20)16-9-5-6-10-27(16)18(13)19(29)14-7-3-2-4-8-14/h2-12H,1H3,(H3,22,23,25,26). The minimum absolute atomic E-state index is 0.119. The third-order valence-electron chi connectivity index (χ3n) is 4.74. The molecule has 0 aliphatic rings. The van der Waals surface area contributed by atoms with Crippen LogP contribution in [0.1, 0.15) is 27.2 Å². The van der Waals surface area contributed by atoms with Crippen LogP contribution in [0.4, 0.5) is 17.5 Å². The van der Waals surface area contributed by atoms with E-state index in [4.69, 9.17) is 5.73 Å². The molecule has 3 aromatic heterocycles. The molecule has 0 bridgehead atoms. The molecular formula is C21H17N7O3. The molecule has 10 nitrogen and oxygen atoms in total. The SMILES string of the molecule is Cc1c(C=NNc2nc(N)ncc2[N+](=O)[O-])c2ccccn2c1C(=O)c1ccccc1. The molecule has 0 aliphatic carbocycles. The number of nitrogen functional groups attached to an aromatic ring is 1. The predicted octanol–water partition coefficient (Wildman–Crippen LogP) is 3.21. The number of nitro groups is 1. The molecule has 0 unspecified atom stereocenters. The van der Waals surface area contributed by atoms with Crippen molar-refractivity contribution in [1.29, 1.82) is 0 Å². The molecule has 0 amide bonds. The first-order chi connectivity index (χ1) is 15.0. The van der Waals surface area contributed by atoms with Gasteiger partial charge >= 0.3 is 5.69 Å². The molecule has 0 aliphatic heterocycles. The van der Waals surface area contributed by atoms with Crippen LogP contribution in [0.25, 0.3) is 5.52 Å². The maximum atomic E-state index is 13.2. The number of hydrogen-bond donors (Lipinski definition) is 2. The Bertz CT molecular complexity index is 1330. The number of fused-ring (bicyclic) bond motifs is 1. The van der Waals surface area contributed by atoms with Gasteiger partial charge in [0.05, 0.1) is 22.3 Å². The molecule has 1 aromatic carbocycles. The average molecular weight is 415 g/mol. The lowest BCUT2D eigenvalue weighted by atomic mass is 10.0. The number of aromatic nitrogens is 3. The average Bonchev–Trinajstić information content (AvgIpc) is 3.05. The monoisotopic (exact) mass is 415 g/mol. The summed E-state index contributed by atoms with van der Waals surface area (Å²) in [6.07, 6.45) is 4.31. The van der Waals surface area contributed by atoms with Crippen molar-refractivity contribution < 1.29 is 9.72 Å². The van der Waals surface area contributed by atoms with Crippen molar-refractivity contribution in [3.05, 3.63) is 93.4 Å². The van der Waals surface area contributed by atoms with Crippen molar-refractivity contribution in [2.75, 3.05) is 11.2 Å². The Morgan fingerprint density at radius 2 is 1.97 bits per heavy atom. The molecular weight excluding hydrogens is 398 g/mol. The number of hydrazone groups is 1. The van der Waals surface area contributed by atoms with E-state index < -0.39 is 4.92 Å². The van der Waals surface area contributed by atoms with Crippen LogP contribution in [0.15, 0.2) is 66.0 Å². The van der Waals surface area contributed by atoms with Crippen LogP contribution in [-0.4, -0.2) is 31.3 Å². The molecule has 4 aromatic rings. The van der Waals surface area contributed by atoms with E-state index in [1.165, 1.54) is 6.21 Å². The van der Waals surface area contributed by atoms with E-state index in [1.807, 2.05) is 43.3 Å². The predicted molar refractivity (Wildman–Crippen MR) is 116 cm³/mol. The Morgan fingerprint density at radius 3 is 2.71 bits per heavy atom. The van der Waals surface area contributed by atoms with Crippen molar-refractivity contribution in [3.63, 3.8) is 0 Å². The van der Waals surface area contributed by atoms with E-state index in [-0.39, 0.29) is 23.2 Å². The minimum atomic E-state index is -0.632. The highest BCUT2D eigenvalue weighted by molar-refractivity contribution is 6.11. The molecule has 4 rings (SSSR count). The van der Waals surface area contributed by atoms with Gasteiger partial charge < -0.3 is 10.1 Å². The zero-order chi connectivity index (χ0) is 22.0. The van der Waals surface area contributed by atoms with Crippen LogP contribution in [0.2, 0.25) is 0 Å². The molecule has 3 N–H and O–H groups in total. The van der Waals surface area contributed by atoms with Gasteiger partial charge in [-0.15, -0.1) is 0 Å². The highest BCUT2D eigenvalue weighted by Crippen LogP contribution is 2.25.